The van der Waals surface area contributed by atoms with Gasteiger partial charge in [0, 0.05) is 0 Å². The van der Waals surface area contributed by atoms with Gasteiger partial charge >= 0.3 is 0 Å². The molecule has 0 heterocycles. The second-order valence-electron chi connectivity index (χ2n) is 6.24. The van der Waals surface area contributed by atoms with Crippen LogP contribution in [0.4, 0.5) is 0 Å². The zero-order valence-electron chi connectivity index (χ0n) is 15.5. The lowest BCUT2D eigenvalue weighted by Crippen LogP contribution is -2.39. The molecule has 4 nitrogen and oxygen atoms in total. The molecule has 0 aliphatic carbocycles. The molecular weight excluding hydrogens is 314 g/mol. The lowest BCUT2D eigenvalue weighted by Gasteiger charge is -2.19. The van der Waals surface area contributed by atoms with E-state index in [1.807, 2.05) is 70.2 Å². The summed E-state index contributed by atoms with van der Waals surface area (Å²) in [6.07, 6.45) is 0.109. The number of rotatable bonds is 8. The van der Waals surface area contributed by atoms with Gasteiger partial charge < -0.3 is 14.8 Å². The number of hydrogen-bond donors (Lipinski definition) is 1. The van der Waals surface area contributed by atoms with Crippen molar-refractivity contribution in [3.63, 3.8) is 0 Å². The van der Waals surface area contributed by atoms with Crippen molar-refractivity contribution >= 4 is 5.91 Å². The highest BCUT2D eigenvalue weighted by molar-refractivity contribution is 5.81. The molecule has 0 aliphatic rings. The van der Waals surface area contributed by atoms with Gasteiger partial charge in [0.25, 0.3) is 5.91 Å². The molecule has 0 saturated heterocycles. The van der Waals surface area contributed by atoms with Crippen LogP contribution in [0.15, 0.2) is 42.5 Å². The van der Waals surface area contributed by atoms with Crippen LogP contribution in [0.25, 0.3) is 0 Å². The first kappa shape index (κ1) is 18.8. The summed E-state index contributed by atoms with van der Waals surface area (Å²) >= 11 is 0. The van der Waals surface area contributed by atoms with Crippen molar-refractivity contribution < 1.29 is 14.3 Å². The van der Waals surface area contributed by atoms with Gasteiger partial charge in [0.15, 0.2) is 6.10 Å². The second-order valence-corrected chi connectivity index (χ2v) is 6.24. The Balaban J connectivity index is 1.82. The standard InChI is InChI=1S/C21H27NO3/c1-5-19(25-20-14-16(3)9-10-17(20)4)21(23)22-11-12-24-18-8-6-7-15(2)13-18/h6-10,13-14,19H,5,11-12H2,1-4H3,(H,22,23)/t19-/m1/s1. The molecule has 0 saturated carbocycles. The normalized spacial score (nSPS) is 11.7. The van der Waals surface area contributed by atoms with Crippen molar-refractivity contribution in [1.29, 1.82) is 0 Å². The van der Waals surface area contributed by atoms with Crippen LogP contribution in [0.1, 0.15) is 30.0 Å². The Morgan fingerprint density at radius 3 is 2.56 bits per heavy atom. The SMILES string of the molecule is CC[C@@H](Oc1cc(C)ccc1C)C(=O)NCCOc1cccc(C)c1. The van der Waals surface area contributed by atoms with Crippen molar-refractivity contribution in [2.45, 2.75) is 40.2 Å². The molecule has 134 valence electrons. The number of benzene rings is 2. The fraction of sp³-hybridized carbons (Fsp3) is 0.381. The van der Waals surface area contributed by atoms with E-state index in [0.29, 0.717) is 19.6 Å². The summed E-state index contributed by atoms with van der Waals surface area (Å²) in [5.41, 5.74) is 3.29. The number of amides is 1. The third kappa shape index (κ3) is 5.82. The van der Waals surface area contributed by atoms with Crippen LogP contribution in [-0.4, -0.2) is 25.2 Å². The fourth-order valence-corrected chi connectivity index (χ4v) is 2.47. The van der Waals surface area contributed by atoms with Crippen molar-refractivity contribution in [3.8, 4) is 11.5 Å². The van der Waals surface area contributed by atoms with E-state index in [0.717, 1.165) is 28.2 Å². The first-order valence-corrected chi connectivity index (χ1v) is 8.70. The number of nitrogens with one attached hydrogen (secondary N) is 1. The largest absolute Gasteiger partial charge is 0.492 e. The molecule has 0 bridgehead atoms. The van der Waals surface area contributed by atoms with Crippen LogP contribution in [-0.2, 0) is 4.79 Å². The molecule has 0 aliphatic heterocycles. The summed E-state index contributed by atoms with van der Waals surface area (Å²) in [5, 5.41) is 2.88. The van der Waals surface area contributed by atoms with Gasteiger partial charge in [-0.15, -0.1) is 0 Å². The average molecular weight is 341 g/mol. The molecule has 0 aromatic heterocycles. The fourth-order valence-electron chi connectivity index (χ4n) is 2.47. The molecule has 4 heteroatoms. The number of carbonyl (C=O) groups excluding carboxylic acids is 1. The molecular formula is C21H27NO3. The minimum Gasteiger partial charge on any atom is -0.492 e. The summed E-state index contributed by atoms with van der Waals surface area (Å²) in [6, 6.07) is 13.9. The number of hydrogen-bond acceptors (Lipinski definition) is 3. The van der Waals surface area contributed by atoms with E-state index in [4.69, 9.17) is 9.47 Å². The topological polar surface area (TPSA) is 47.6 Å². The minimum atomic E-state index is -0.500. The number of ether oxygens (including phenoxy) is 2. The highest BCUT2D eigenvalue weighted by Crippen LogP contribution is 2.21. The third-order valence-corrected chi connectivity index (χ3v) is 3.94. The Kier molecular flexibility index (Phi) is 6.87. The zero-order valence-corrected chi connectivity index (χ0v) is 15.5. The smallest absolute Gasteiger partial charge is 0.261 e. The zero-order chi connectivity index (χ0) is 18.2. The Hall–Kier alpha value is -2.49. The third-order valence-electron chi connectivity index (χ3n) is 3.94. The molecule has 1 N–H and O–H groups in total. The predicted molar refractivity (Wildman–Crippen MR) is 100 cm³/mol. The maximum absolute atomic E-state index is 12.3. The Bertz CT molecular complexity index is 712. The maximum atomic E-state index is 12.3. The quantitative estimate of drug-likeness (QED) is 0.739. The van der Waals surface area contributed by atoms with Crippen molar-refractivity contribution in [2.24, 2.45) is 0 Å². The summed E-state index contributed by atoms with van der Waals surface area (Å²) < 4.78 is 11.6. The molecule has 0 fully saturated rings. The van der Waals surface area contributed by atoms with Crippen molar-refractivity contribution in [1.82, 2.24) is 5.32 Å². The van der Waals surface area contributed by atoms with E-state index >= 15 is 0 Å². The molecule has 1 amide bonds. The van der Waals surface area contributed by atoms with Crippen LogP contribution in [0, 0.1) is 20.8 Å². The van der Waals surface area contributed by atoms with Gasteiger partial charge in [-0.1, -0.05) is 31.2 Å². The molecule has 0 spiro atoms. The van der Waals surface area contributed by atoms with E-state index in [2.05, 4.69) is 5.32 Å². The van der Waals surface area contributed by atoms with Gasteiger partial charge in [0.05, 0.1) is 6.54 Å². The van der Waals surface area contributed by atoms with E-state index in [9.17, 15) is 4.79 Å². The summed E-state index contributed by atoms with van der Waals surface area (Å²) in [4.78, 5) is 12.3. The average Bonchev–Trinajstić information content (AvgIpc) is 2.59. The van der Waals surface area contributed by atoms with Gasteiger partial charge in [0.2, 0.25) is 0 Å². The summed E-state index contributed by atoms with van der Waals surface area (Å²) in [6.45, 7) is 8.82. The first-order valence-electron chi connectivity index (χ1n) is 8.70. The van der Waals surface area contributed by atoms with Crippen LogP contribution in [0.5, 0.6) is 11.5 Å². The molecule has 2 rings (SSSR count). The van der Waals surface area contributed by atoms with Crippen LogP contribution in [0.2, 0.25) is 0 Å². The lowest BCUT2D eigenvalue weighted by molar-refractivity contribution is -0.128. The molecule has 25 heavy (non-hydrogen) atoms. The van der Waals surface area contributed by atoms with E-state index in [1.165, 1.54) is 0 Å². The molecule has 1 atom stereocenters. The maximum Gasteiger partial charge on any atom is 0.261 e. The van der Waals surface area contributed by atoms with Gasteiger partial charge in [0.1, 0.15) is 18.1 Å². The summed E-state index contributed by atoms with van der Waals surface area (Å²) in [5.74, 6) is 1.46. The van der Waals surface area contributed by atoms with Gasteiger partial charge in [-0.25, -0.2) is 0 Å². The lowest BCUT2D eigenvalue weighted by atomic mass is 10.1. The van der Waals surface area contributed by atoms with E-state index in [-0.39, 0.29) is 5.91 Å². The Morgan fingerprint density at radius 2 is 1.84 bits per heavy atom. The second kappa shape index (κ2) is 9.11. The van der Waals surface area contributed by atoms with E-state index in [1.54, 1.807) is 0 Å². The van der Waals surface area contributed by atoms with Crippen LogP contribution in [0.3, 0.4) is 0 Å². The van der Waals surface area contributed by atoms with Crippen LogP contribution < -0.4 is 14.8 Å². The highest BCUT2D eigenvalue weighted by atomic mass is 16.5. The molecule has 0 radical (unpaired) electrons. The Labute approximate surface area is 150 Å². The predicted octanol–water partition coefficient (Wildman–Crippen LogP) is 3.96. The monoisotopic (exact) mass is 341 g/mol. The number of aryl methyl sites for hydroxylation is 3. The Morgan fingerprint density at radius 1 is 1.08 bits per heavy atom. The van der Waals surface area contributed by atoms with Crippen molar-refractivity contribution in [3.05, 3.63) is 59.2 Å². The minimum absolute atomic E-state index is 0.115. The van der Waals surface area contributed by atoms with Gasteiger partial charge in [-0.2, -0.15) is 0 Å². The van der Waals surface area contributed by atoms with Gasteiger partial charge in [-0.3, -0.25) is 4.79 Å². The first-order chi connectivity index (χ1) is 12.0. The molecule has 2 aromatic rings. The van der Waals surface area contributed by atoms with Crippen molar-refractivity contribution in [2.75, 3.05) is 13.2 Å². The van der Waals surface area contributed by atoms with E-state index < -0.39 is 6.10 Å². The highest BCUT2D eigenvalue weighted by Gasteiger charge is 2.18. The molecule has 0 unspecified atom stereocenters. The molecule has 2 aromatic carbocycles. The van der Waals surface area contributed by atoms with Gasteiger partial charge in [-0.05, 0) is 62.1 Å². The number of carbonyl (C=O) groups is 1. The van der Waals surface area contributed by atoms with Crippen LogP contribution >= 0.6 is 0 Å². The summed E-state index contributed by atoms with van der Waals surface area (Å²) in [7, 11) is 0.